The van der Waals surface area contributed by atoms with E-state index in [-0.39, 0.29) is 13.1 Å². The van der Waals surface area contributed by atoms with Gasteiger partial charge in [-0.05, 0) is 25.3 Å². The molecular weight excluding hydrogens is 351 g/mol. The summed E-state index contributed by atoms with van der Waals surface area (Å²) in [6, 6.07) is 0. The Morgan fingerprint density at radius 1 is 1.23 bits per heavy atom. The van der Waals surface area contributed by atoms with Gasteiger partial charge in [-0.1, -0.05) is 13.8 Å². The second-order valence-corrected chi connectivity index (χ2v) is 5.59. The van der Waals surface area contributed by atoms with Gasteiger partial charge in [-0.2, -0.15) is 23.4 Å². The minimum absolute atomic E-state index is 0.193. The Hall–Kier alpha value is -2.65. The van der Waals surface area contributed by atoms with E-state index in [2.05, 4.69) is 20.6 Å². The van der Waals surface area contributed by atoms with Gasteiger partial charge in [-0.15, -0.1) is 0 Å². The summed E-state index contributed by atoms with van der Waals surface area (Å²) in [6.45, 7) is 5.33. The molecule has 0 radical (unpaired) electrons. The third-order valence-electron chi connectivity index (χ3n) is 3.99. The van der Waals surface area contributed by atoms with Crippen LogP contribution in [0.3, 0.4) is 0 Å². The van der Waals surface area contributed by atoms with Crippen molar-refractivity contribution in [2.24, 2.45) is 0 Å². The molecule has 2 N–H and O–H groups in total. The second kappa shape index (κ2) is 7.71. The molecule has 0 aliphatic carbocycles. The Kier molecular flexibility index (Phi) is 5.83. The summed E-state index contributed by atoms with van der Waals surface area (Å²) in [5.74, 6) is -0.937. The van der Waals surface area contributed by atoms with Crippen LogP contribution in [0.2, 0.25) is 0 Å². The number of aromatic amines is 1. The molecular formula is C16H20F3N5O2. The fourth-order valence-electron chi connectivity index (χ4n) is 2.68. The van der Waals surface area contributed by atoms with Crippen LogP contribution in [0.5, 0.6) is 0 Å². The summed E-state index contributed by atoms with van der Waals surface area (Å²) in [5.41, 5.74) is -0.615. The summed E-state index contributed by atoms with van der Waals surface area (Å²) in [7, 11) is 0. The number of halogens is 3. The molecule has 0 aromatic carbocycles. The van der Waals surface area contributed by atoms with Crippen LogP contribution in [0.1, 0.15) is 53.6 Å². The molecule has 142 valence electrons. The molecule has 0 saturated carbocycles. The van der Waals surface area contributed by atoms with E-state index in [0.717, 1.165) is 10.9 Å². The Morgan fingerprint density at radius 2 is 1.92 bits per heavy atom. The molecule has 0 unspecified atom stereocenters. The zero-order valence-electron chi connectivity index (χ0n) is 14.7. The molecule has 0 fully saturated rings. The maximum atomic E-state index is 13.1. The lowest BCUT2D eigenvalue weighted by atomic mass is 10.0. The maximum absolute atomic E-state index is 13.1. The van der Waals surface area contributed by atoms with Crippen LogP contribution in [0.15, 0.2) is 11.0 Å². The Morgan fingerprint density at radius 3 is 2.46 bits per heavy atom. The lowest BCUT2D eigenvalue weighted by molar-refractivity contribution is -0.141. The van der Waals surface area contributed by atoms with Crippen molar-refractivity contribution in [3.05, 3.63) is 44.6 Å². The fraction of sp³-hybridized carbons (Fsp3) is 0.500. The van der Waals surface area contributed by atoms with Crippen molar-refractivity contribution < 1.29 is 18.0 Å². The quantitative estimate of drug-likeness (QED) is 0.813. The van der Waals surface area contributed by atoms with Gasteiger partial charge in [0.1, 0.15) is 0 Å². The largest absolute Gasteiger partial charge is 0.435 e. The highest BCUT2D eigenvalue weighted by atomic mass is 19.4. The summed E-state index contributed by atoms with van der Waals surface area (Å²) < 4.78 is 40.3. The Bertz CT molecular complexity index is 855. The standard InChI is InChI=1S/C16H20F3N5O2/c1-4-9-10(15(26)22-21-12(9)5-2)7-20-14(25)11-8-24(6-3)23-13(11)16(17,18)19/h8H,4-7H2,1-3H3,(H,20,25)(H,22,26). The van der Waals surface area contributed by atoms with Crippen LogP contribution >= 0.6 is 0 Å². The van der Waals surface area contributed by atoms with Gasteiger partial charge in [0.15, 0.2) is 5.69 Å². The maximum Gasteiger partial charge on any atom is 0.435 e. The number of carbonyl (C=O) groups excluding carboxylic acids is 1. The van der Waals surface area contributed by atoms with Crippen molar-refractivity contribution in [3.8, 4) is 0 Å². The van der Waals surface area contributed by atoms with Gasteiger partial charge in [-0.25, -0.2) is 5.10 Å². The highest BCUT2D eigenvalue weighted by Gasteiger charge is 2.39. The van der Waals surface area contributed by atoms with Crippen LogP contribution in [0, 0.1) is 0 Å². The van der Waals surface area contributed by atoms with Gasteiger partial charge in [0.25, 0.3) is 11.5 Å². The molecule has 2 rings (SSSR count). The molecule has 0 aliphatic heterocycles. The number of amides is 1. The van der Waals surface area contributed by atoms with Crippen molar-refractivity contribution in [3.63, 3.8) is 0 Å². The van der Waals surface area contributed by atoms with Crippen molar-refractivity contribution in [2.75, 3.05) is 0 Å². The number of H-pyrrole nitrogens is 1. The van der Waals surface area contributed by atoms with E-state index < -0.39 is 28.9 Å². The van der Waals surface area contributed by atoms with Crippen LogP contribution in [-0.2, 0) is 32.1 Å². The summed E-state index contributed by atoms with van der Waals surface area (Å²) in [5, 5.41) is 12.1. The van der Waals surface area contributed by atoms with Crippen molar-refractivity contribution >= 4 is 5.91 Å². The molecule has 0 aliphatic rings. The number of nitrogens with one attached hydrogen (secondary N) is 2. The average Bonchev–Trinajstić information content (AvgIpc) is 3.05. The first-order valence-electron chi connectivity index (χ1n) is 8.24. The summed E-state index contributed by atoms with van der Waals surface area (Å²) in [4.78, 5) is 24.3. The second-order valence-electron chi connectivity index (χ2n) is 5.59. The molecule has 0 spiro atoms. The number of nitrogens with zero attached hydrogens (tertiary/aromatic N) is 3. The van der Waals surface area contributed by atoms with Gasteiger partial charge in [0, 0.05) is 24.8 Å². The predicted molar refractivity (Wildman–Crippen MR) is 87.7 cm³/mol. The SMILES string of the molecule is CCc1n[nH]c(=O)c(CNC(=O)c2cn(CC)nc2C(F)(F)F)c1CC. The van der Waals surface area contributed by atoms with Crippen LogP contribution < -0.4 is 10.9 Å². The molecule has 10 heteroatoms. The minimum atomic E-state index is -4.74. The number of aromatic nitrogens is 4. The van der Waals surface area contributed by atoms with Crippen LogP contribution in [0.4, 0.5) is 13.2 Å². The molecule has 2 aromatic rings. The summed E-state index contributed by atoms with van der Waals surface area (Å²) >= 11 is 0. The Balaban J connectivity index is 2.31. The van der Waals surface area contributed by atoms with Gasteiger partial charge in [0.2, 0.25) is 0 Å². The van der Waals surface area contributed by atoms with E-state index in [9.17, 15) is 22.8 Å². The van der Waals surface area contributed by atoms with Gasteiger partial charge >= 0.3 is 6.18 Å². The van der Waals surface area contributed by atoms with Gasteiger partial charge in [0.05, 0.1) is 11.3 Å². The number of alkyl halides is 3. The molecule has 26 heavy (non-hydrogen) atoms. The molecule has 0 bridgehead atoms. The first-order valence-corrected chi connectivity index (χ1v) is 8.24. The van der Waals surface area contributed by atoms with Crippen LogP contribution in [-0.4, -0.2) is 25.9 Å². The zero-order valence-corrected chi connectivity index (χ0v) is 14.7. The first-order chi connectivity index (χ1) is 12.2. The van der Waals surface area contributed by atoms with E-state index in [1.54, 1.807) is 6.92 Å². The number of aryl methyl sites for hydroxylation is 2. The smallest absolute Gasteiger partial charge is 0.348 e. The number of rotatable bonds is 6. The minimum Gasteiger partial charge on any atom is -0.348 e. The lowest BCUT2D eigenvalue weighted by Gasteiger charge is -2.11. The first kappa shape index (κ1) is 19.7. The summed E-state index contributed by atoms with van der Waals surface area (Å²) in [6.07, 6.45) is -2.59. The predicted octanol–water partition coefficient (Wildman–Crippen LogP) is 2.06. The van der Waals surface area contributed by atoms with E-state index in [0.29, 0.717) is 29.7 Å². The average molecular weight is 371 g/mol. The van der Waals surface area contributed by atoms with Gasteiger partial charge in [-0.3, -0.25) is 14.3 Å². The number of hydrogen-bond acceptors (Lipinski definition) is 4. The highest BCUT2D eigenvalue weighted by molar-refractivity contribution is 5.95. The fourth-order valence-corrected chi connectivity index (χ4v) is 2.68. The normalized spacial score (nSPS) is 11.6. The van der Waals surface area contributed by atoms with Crippen molar-refractivity contribution in [1.29, 1.82) is 0 Å². The molecule has 1 amide bonds. The molecule has 2 aromatic heterocycles. The van der Waals surface area contributed by atoms with Crippen molar-refractivity contribution in [1.82, 2.24) is 25.3 Å². The lowest BCUT2D eigenvalue weighted by Crippen LogP contribution is -2.30. The van der Waals surface area contributed by atoms with Crippen LogP contribution in [0.25, 0.3) is 0 Å². The topological polar surface area (TPSA) is 92.7 Å². The molecule has 0 saturated heterocycles. The van der Waals surface area contributed by atoms with E-state index in [4.69, 9.17) is 0 Å². The van der Waals surface area contributed by atoms with E-state index in [1.807, 2.05) is 13.8 Å². The third kappa shape index (κ3) is 3.94. The van der Waals surface area contributed by atoms with Crippen molar-refractivity contribution in [2.45, 2.75) is 52.9 Å². The molecule has 2 heterocycles. The monoisotopic (exact) mass is 371 g/mol. The highest BCUT2D eigenvalue weighted by Crippen LogP contribution is 2.30. The Labute approximate surface area is 147 Å². The molecule has 0 atom stereocenters. The van der Waals surface area contributed by atoms with E-state index in [1.165, 1.54) is 0 Å². The van der Waals surface area contributed by atoms with E-state index >= 15 is 0 Å². The number of carbonyl (C=O) groups is 1. The number of hydrogen-bond donors (Lipinski definition) is 2. The van der Waals surface area contributed by atoms with Gasteiger partial charge < -0.3 is 5.32 Å². The zero-order chi connectivity index (χ0) is 19.5. The third-order valence-corrected chi connectivity index (χ3v) is 3.99. The molecule has 7 nitrogen and oxygen atoms in total.